The van der Waals surface area contributed by atoms with Crippen LogP contribution in [0.25, 0.3) is 0 Å². The molecule has 1 aliphatic carbocycles. The van der Waals surface area contributed by atoms with Gasteiger partial charge in [-0.1, -0.05) is 31.3 Å². The van der Waals surface area contributed by atoms with Crippen LogP contribution in [0.5, 0.6) is 0 Å². The molecule has 0 heterocycles. The summed E-state index contributed by atoms with van der Waals surface area (Å²) in [5.41, 5.74) is 1.70. The molecule has 2 nitrogen and oxygen atoms in total. The van der Waals surface area contributed by atoms with Gasteiger partial charge in [-0.2, -0.15) is 5.10 Å². The third kappa shape index (κ3) is 5.49. The maximum absolute atomic E-state index is 4.34. The average Bonchev–Trinajstić information content (AvgIpc) is 2.14. The van der Waals surface area contributed by atoms with E-state index in [0.29, 0.717) is 5.92 Å². The Labute approximate surface area is 101 Å². The van der Waals surface area contributed by atoms with Gasteiger partial charge in [-0.15, -0.1) is 0 Å². The minimum absolute atomic E-state index is 0.660. The number of nitrogens with zero attached hydrogens (tertiary/aromatic N) is 2. The largest absolute Gasteiger partial charge is 0.303 e. The monoisotopic (exact) mass is 238 g/mol. The smallest absolute Gasteiger partial charge is 0.0483 e. The number of hydrazone groups is 1. The second kappa shape index (κ2) is 5.67. The highest BCUT2D eigenvalue weighted by Crippen LogP contribution is 2.28. The van der Waals surface area contributed by atoms with E-state index in [0.717, 1.165) is 0 Å². The topological polar surface area (TPSA) is 15.6 Å². The van der Waals surface area contributed by atoms with Crippen LogP contribution in [-0.2, 0) is 0 Å². The van der Waals surface area contributed by atoms with E-state index in [-0.39, 0.29) is 0 Å². The Hall–Kier alpha value is -0.573. The lowest BCUT2D eigenvalue weighted by molar-refractivity contribution is 0.433. The van der Waals surface area contributed by atoms with Crippen molar-refractivity contribution in [3.8, 4) is 0 Å². The Kier molecular flexibility index (Phi) is 4.78. The van der Waals surface area contributed by atoms with Gasteiger partial charge >= 0.3 is 0 Å². The van der Waals surface area contributed by atoms with E-state index in [1.807, 2.05) is 19.1 Å². The van der Waals surface area contributed by atoms with E-state index in [1.54, 1.807) is 5.57 Å². The summed E-state index contributed by atoms with van der Waals surface area (Å²) in [5, 5.41) is 6.21. The molecule has 0 aromatic carbocycles. The summed E-state index contributed by atoms with van der Waals surface area (Å²) < 4.78 is 0. The molecule has 16 heavy (non-hydrogen) atoms. The van der Waals surface area contributed by atoms with Crippen molar-refractivity contribution < 1.29 is 0 Å². The summed E-state index contributed by atoms with van der Waals surface area (Å²) in [7, 11) is 3.04. The molecule has 0 fully saturated rings. The number of hydrogen-bond acceptors (Lipinski definition) is 2. The van der Waals surface area contributed by atoms with Crippen LogP contribution >= 0.6 is 0 Å². The molecule has 1 unspecified atom stereocenters. The van der Waals surface area contributed by atoms with Crippen LogP contribution in [0.1, 0.15) is 19.3 Å². The molecule has 92 valence electrons. The van der Waals surface area contributed by atoms with Crippen LogP contribution in [0, 0.1) is 5.92 Å². The van der Waals surface area contributed by atoms with Crippen molar-refractivity contribution in [1.29, 1.82) is 0 Å². The summed E-state index contributed by atoms with van der Waals surface area (Å²) in [4.78, 5) is 0. The van der Waals surface area contributed by atoms with Crippen molar-refractivity contribution in [3.05, 3.63) is 11.6 Å². The molecule has 0 radical (unpaired) electrons. The standard InChI is InChI=1S/C13H26N2Si/c1-15(2)14-10-12-6-8-13(9-7-12)11-16(3,4)5/h8,10,12H,6-7,9,11H2,1-5H3/b14-10+. The van der Waals surface area contributed by atoms with Gasteiger partial charge in [0.25, 0.3) is 0 Å². The zero-order valence-corrected chi connectivity index (χ0v) is 12.5. The van der Waals surface area contributed by atoms with E-state index in [1.165, 1.54) is 25.3 Å². The van der Waals surface area contributed by atoms with Gasteiger partial charge in [-0.05, 0) is 31.2 Å². The van der Waals surface area contributed by atoms with Crippen LogP contribution in [0.15, 0.2) is 16.8 Å². The zero-order valence-electron chi connectivity index (χ0n) is 11.5. The van der Waals surface area contributed by atoms with Crippen LogP contribution in [0.2, 0.25) is 25.7 Å². The second-order valence-electron chi connectivity index (χ2n) is 6.25. The maximum Gasteiger partial charge on any atom is 0.0483 e. The Morgan fingerprint density at radius 1 is 1.44 bits per heavy atom. The molecule has 3 heteroatoms. The number of rotatable bonds is 4. The van der Waals surface area contributed by atoms with E-state index < -0.39 is 8.07 Å². The van der Waals surface area contributed by atoms with Crippen LogP contribution < -0.4 is 0 Å². The molecule has 0 aliphatic heterocycles. The first-order chi connectivity index (χ1) is 7.37. The Bertz CT molecular complexity index is 274. The van der Waals surface area contributed by atoms with Crippen molar-refractivity contribution in [3.63, 3.8) is 0 Å². The molecular weight excluding hydrogens is 212 g/mol. The van der Waals surface area contributed by atoms with Crippen LogP contribution in [-0.4, -0.2) is 33.4 Å². The molecule has 0 amide bonds. The third-order valence-corrected chi connectivity index (χ3v) is 4.33. The lowest BCUT2D eigenvalue weighted by Gasteiger charge is -2.24. The molecule has 0 aromatic rings. The Morgan fingerprint density at radius 3 is 2.56 bits per heavy atom. The highest BCUT2D eigenvalue weighted by atomic mass is 28.3. The van der Waals surface area contributed by atoms with Gasteiger partial charge in [-0.3, -0.25) is 0 Å². The van der Waals surface area contributed by atoms with Gasteiger partial charge in [0, 0.05) is 28.4 Å². The summed E-state index contributed by atoms with van der Waals surface area (Å²) >= 11 is 0. The highest BCUT2D eigenvalue weighted by Gasteiger charge is 2.19. The second-order valence-corrected chi connectivity index (χ2v) is 11.7. The van der Waals surface area contributed by atoms with E-state index in [4.69, 9.17) is 0 Å². The normalized spacial score (nSPS) is 22.3. The first kappa shape index (κ1) is 13.5. The first-order valence-corrected chi connectivity index (χ1v) is 9.97. The van der Waals surface area contributed by atoms with Gasteiger partial charge < -0.3 is 5.01 Å². The van der Waals surface area contributed by atoms with Gasteiger partial charge in [0.05, 0.1) is 0 Å². The summed E-state index contributed by atoms with van der Waals surface area (Å²) in [6.07, 6.45) is 8.34. The molecule has 0 saturated heterocycles. The van der Waals surface area contributed by atoms with Gasteiger partial charge in [-0.25, -0.2) is 0 Å². The lowest BCUT2D eigenvalue weighted by Crippen LogP contribution is -2.21. The fraction of sp³-hybridized carbons (Fsp3) is 0.769. The van der Waals surface area contributed by atoms with Crippen molar-refractivity contribution in [2.24, 2.45) is 11.0 Å². The molecule has 0 saturated carbocycles. The fourth-order valence-corrected chi connectivity index (χ4v) is 3.80. The SMILES string of the molecule is CN(C)/N=C/C1CC=C(C[Si](C)(C)C)CC1. The van der Waals surface area contributed by atoms with Crippen molar-refractivity contribution in [2.75, 3.05) is 14.1 Å². The summed E-state index contributed by atoms with van der Waals surface area (Å²) in [6.45, 7) is 7.36. The molecule has 1 aliphatic rings. The fourth-order valence-electron chi connectivity index (χ4n) is 2.11. The molecule has 0 bridgehead atoms. The average molecular weight is 238 g/mol. The minimum Gasteiger partial charge on any atom is -0.303 e. The molecule has 0 aromatic heterocycles. The molecule has 0 N–H and O–H groups in total. The predicted octanol–water partition coefficient (Wildman–Crippen LogP) is 3.60. The van der Waals surface area contributed by atoms with Crippen LogP contribution in [0.3, 0.4) is 0 Å². The van der Waals surface area contributed by atoms with Gasteiger partial charge in [0.1, 0.15) is 0 Å². The van der Waals surface area contributed by atoms with Crippen LogP contribution in [0.4, 0.5) is 0 Å². The van der Waals surface area contributed by atoms with Crippen molar-refractivity contribution >= 4 is 14.3 Å². The zero-order chi connectivity index (χ0) is 12.2. The molecule has 1 rings (SSSR count). The molecular formula is C13H26N2Si. The Balaban J connectivity index is 2.43. The minimum atomic E-state index is -0.913. The lowest BCUT2D eigenvalue weighted by atomic mass is 9.91. The third-order valence-electron chi connectivity index (χ3n) is 2.81. The summed E-state index contributed by atoms with van der Waals surface area (Å²) in [5.74, 6) is 0.660. The van der Waals surface area contributed by atoms with Gasteiger partial charge in [0.2, 0.25) is 0 Å². The van der Waals surface area contributed by atoms with E-state index in [2.05, 4.69) is 37.0 Å². The molecule has 1 atom stereocenters. The number of hydrogen-bond donors (Lipinski definition) is 0. The van der Waals surface area contributed by atoms with E-state index in [9.17, 15) is 0 Å². The molecule has 0 spiro atoms. The van der Waals surface area contributed by atoms with Crippen molar-refractivity contribution in [1.82, 2.24) is 5.01 Å². The maximum atomic E-state index is 4.34. The van der Waals surface area contributed by atoms with Gasteiger partial charge in [0.15, 0.2) is 0 Å². The first-order valence-electron chi connectivity index (χ1n) is 6.26. The number of allylic oxidation sites excluding steroid dienone is 2. The predicted molar refractivity (Wildman–Crippen MR) is 75.8 cm³/mol. The quantitative estimate of drug-likeness (QED) is 0.316. The Morgan fingerprint density at radius 2 is 2.12 bits per heavy atom. The van der Waals surface area contributed by atoms with Crippen molar-refractivity contribution in [2.45, 2.75) is 44.9 Å². The summed E-state index contributed by atoms with van der Waals surface area (Å²) in [6, 6.07) is 1.38. The highest BCUT2D eigenvalue weighted by molar-refractivity contribution is 6.76. The van der Waals surface area contributed by atoms with E-state index >= 15 is 0 Å².